The first-order valence-corrected chi connectivity index (χ1v) is 6.95. The fraction of sp³-hybridized carbons (Fsp3) is 0.0714. The topological polar surface area (TPSA) is 24.1 Å². The quantitative estimate of drug-likeness (QED) is 0.752. The number of hydrogen-bond donors (Lipinski definition) is 2. The molecule has 2 aromatic rings. The van der Waals surface area contributed by atoms with Crippen molar-refractivity contribution in [2.24, 2.45) is 0 Å². The second-order valence-corrected chi connectivity index (χ2v) is 5.49. The van der Waals surface area contributed by atoms with Gasteiger partial charge in [0.1, 0.15) is 11.6 Å². The first-order valence-electron chi connectivity index (χ1n) is 5.75. The van der Waals surface area contributed by atoms with Crippen molar-refractivity contribution in [3.8, 4) is 0 Å². The molecule has 0 saturated carbocycles. The van der Waals surface area contributed by atoms with E-state index < -0.39 is 5.82 Å². The lowest BCUT2D eigenvalue weighted by atomic mass is 10.2. The van der Waals surface area contributed by atoms with Crippen molar-refractivity contribution in [3.63, 3.8) is 0 Å². The van der Waals surface area contributed by atoms with Crippen molar-refractivity contribution < 1.29 is 8.78 Å². The van der Waals surface area contributed by atoms with E-state index in [4.69, 9.17) is 12.2 Å². The summed E-state index contributed by atoms with van der Waals surface area (Å²) in [5.74, 6) is -0.731. The fourth-order valence-electron chi connectivity index (χ4n) is 1.63. The summed E-state index contributed by atoms with van der Waals surface area (Å²) in [6.07, 6.45) is 0. The summed E-state index contributed by atoms with van der Waals surface area (Å²) in [5.41, 5.74) is 1.65. The summed E-state index contributed by atoms with van der Waals surface area (Å²) in [4.78, 5) is 0. The second-order valence-electron chi connectivity index (χ2n) is 4.16. The van der Waals surface area contributed by atoms with Crippen LogP contribution in [0.5, 0.6) is 0 Å². The number of thiocarbonyl (C=S) groups is 1. The van der Waals surface area contributed by atoms with Crippen molar-refractivity contribution in [1.29, 1.82) is 0 Å². The van der Waals surface area contributed by atoms with Gasteiger partial charge in [0.2, 0.25) is 0 Å². The number of anilines is 2. The molecule has 0 aliphatic carbocycles. The summed E-state index contributed by atoms with van der Waals surface area (Å²) < 4.78 is 27.3. The number of rotatable bonds is 2. The summed E-state index contributed by atoms with van der Waals surface area (Å²) in [5, 5.41) is 5.90. The Balaban J connectivity index is 2.09. The molecule has 0 radical (unpaired) electrons. The molecule has 0 unspecified atom stereocenters. The highest BCUT2D eigenvalue weighted by Crippen LogP contribution is 2.20. The zero-order valence-corrected chi connectivity index (χ0v) is 12.9. The van der Waals surface area contributed by atoms with E-state index in [1.807, 2.05) is 0 Å². The lowest BCUT2D eigenvalue weighted by Gasteiger charge is -2.13. The normalized spacial score (nSPS) is 10.2. The lowest BCUT2D eigenvalue weighted by Crippen LogP contribution is -2.20. The SMILES string of the molecule is Cc1cc(F)ccc1NC(=S)Nc1ccc(Br)cc1F. The maximum atomic E-state index is 13.7. The molecule has 0 amide bonds. The fourth-order valence-corrected chi connectivity index (χ4v) is 2.19. The highest BCUT2D eigenvalue weighted by Gasteiger charge is 2.06. The van der Waals surface area contributed by atoms with E-state index in [-0.39, 0.29) is 16.6 Å². The van der Waals surface area contributed by atoms with Gasteiger partial charge in [0.15, 0.2) is 5.11 Å². The summed E-state index contributed by atoms with van der Waals surface area (Å²) >= 11 is 8.29. The van der Waals surface area contributed by atoms with Gasteiger partial charge < -0.3 is 10.6 Å². The predicted molar refractivity (Wildman–Crippen MR) is 85.1 cm³/mol. The Bertz CT molecular complexity index is 606. The van der Waals surface area contributed by atoms with Crippen LogP contribution in [0.1, 0.15) is 5.56 Å². The van der Waals surface area contributed by atoms with Crippen LogP contribution in [0.25, 0.3) is 0 Å². The third kappa shape index (κ3) is 3.74. The van der Waals surface area contributed by atoms with Gasteiger partial charge in [-0.1, -0.05) is 15.9 Å². The van der Waals surface area contributed by atoms with Gasteiger partial charge in [-0.15, -0.1) is 0 Å². The maximum absolute atomic E-state index is 13.7. The van der Waals surface area contributed by atoms with Crippen LogP contribution in [-0.4, -0.2) is 5.11 Å². The highest BCUT2D eigenvalue weighted by atomic mass is 79.9. The average Bonchev–Trinajstić information content (AvgIpc) is 2.36. The van der Waals surface area contributed by atoms with Crippen LogP contribution in [-0.2, 0) is 0 Å². The zero-order valence-electron chi connectivity index (χ0n) is 10.5. The molecule has 0 bridgehead atoms. The summed E-state index contributed by atoms with van der Waals surface area (Å²) in [6.45, 7) is 1.76. The van der Waals surface area contributed by atoms with Gasteiger partial charge in [0, 0.05) is 10.2 Å². The molecule has 20 heavy (non-hydrogen) atoms. The molecule has 0 fully saturated rings. The van der Waals surface area contributed by atoms with Crippen LogP contribution in [0.15, 0.2) is 40.9 Å². The Morgan fingerprint density at radius 1 is 1.05 bits per heavy atom. The Labute approximate surface area is 129 Å². The van der Waals surface area contributed by atoms with Gasteiger partial charge in [0.05, 0.1) is 5.69 Å². The van der Waals surface area contributed by atoms with Gasteiger partial charge in [-0.3, -0.25) is 0 Å². The number of hydrogen-bond acceptors (Lipinski definition) is 1. The molecular formula is C14H11BrF2N2S. The van der Waals surface area contributed by atoms with Crippen LogP contribution in [0.2, 0.25) is 0 Å². The van der Waals surface area contributed by atoms with Crippen LogP contribution in [0.4, 0.5) is 20.2 Å². The van der Waals surface area contributed by atoms with Crippen molar-refractivity contribution in [3.05, 3.63) is 58.1 Å². The smallest absolute Gasteiger partial charge is 0.175 e. The molecule has 2 nitrogen and oxygen atoms in total. The highest BCUT2D eigenvalue weighted by molar-refractivity contribution is 9.10. The van der Waals surface area contributed by atoms with Gasteiger partial charge in [0.25, 0.3) is 0 Å². The van der Waals surface area contributed by atoms with E-state index in [1.54, 1.807) is 25.1 Å². The van der Waals surface area contributed by atoms with E-state index in [1.165, 1.54) is 18.2 Å². The molecule has 0 spiro atoms. The van der Waals surface area contributed by atoms with E-state index in [9.17, 15) is 8.78 Å². The van der Waals surface area contributed by atoms with Gasteiger partial charge in [-0.2, -0.15) is 0 Å². The minimum atomic E-state index is -0.417. The van der Waals surface area contributed by atoms with Crippen LogP contribution in [0.3, 0.4) is 0 Å². The molecule has 0 aliphatic rings. The summed E-state index contributed by atoms with van der Waals surface area (Å²) in [7, 11) is 0. The number of halogens is 3. The van der Waals surface area contributed by atoms with Crippen LogP contribution < -0.4 is 10.6 Å². The first kappa shape index (κ1) is 14.9. The van der Waals surface area contributed by atoms with Gasteiger partial charge in [-0.05, 0) is 61.1 Å². The Morgan fingerprint density at radius 2 is 1.70 bits per heavy atom. The molecule has 0 atom stereocenters. The van der Waals surface area contributed by atoms with E-state index in [0.29, 0.717) is 15.7 Å². The van der Waals surface area contributed by atoms with E-state index in [2.05, 4.69) is 26.6 Å². The molecule has 0 aromatic heterocycles. The Morgan fingerprint density at radius 3 is 2.35 bits per heavy atom. The number of aryl methyl sites for hydroxylation is 1. The maximum Gasteiger partial charge on any atom is 0.175 e. The van der Waals surface area contributed by atoms with Crippen LogP contribution >= 0.6 is 28.1 Å². The molecule has 6 heteroatoms. The van der Waals surface area contributed by atoms with Crippen molar-refractivity contribution >= 4 is 44.6 Å². The third-order valence-corrected chi connectivity index (χ3v) is 3.31. The van der Waals surface area contributed by atoms with Gasteiger partial charge in [-0.25, -0.2) is 8.78 Å². The van der Waals surface area contributed by atoms with E-state index >= 15 is 0 Å². The first-order chi connectivity index (χ1) is 9.45. The second kappa shape index (κ2) is 6.28. The molecule has 2 rings (SSSR count). The summed E-state index contributed by atoms with van der Waals surface area (Å²) in [6, 6.07) is 8.93. The largest absolute Gasteiger partial charge is 0.332 e. The van der Waals surface area contributed by atoms with Crippen molar-refractivity contribution in [2.45, 2.75) is 6.92 Å². The molecule has 0 saturated heterocycles. The molecule has 0 aliphatic heterocycles. The standard InChI is InChI=1S/C14H11BrF2N2S/c1-8-6-10(16)3-5-12(8)18-14(20)19-13-4-2-9(15)7-11(13)17/h2-7H,1H3,(H2,18,19,20). The molecular weight excluding hydrogens is 346 g/mol. The zero-order chi connectivity index (χ0) is 14.7. The number of benzene rings is 2. The molecule has 0 heterocycles. The monoisotopic (exact) mass is 356 g/mol. The third-order valence-electron chi connectivity index (χ3n) is 2.62. The predicted octanol–water partition coefficient (Wildman–Crippen LogP) is 4.84. The Hall–Kier alpha value is -1.53. The molecule has 2 aromatic carbocycles. The van der Waals surface area contributed by atoms with E-state index in [0.717, 1.165) is 0 Å². The van der Waals surface area contributed by atoms with Gasteiger partial charge >= 0.3 is 0 Å². The Kier molecular flexibility index (Phi) is 4.67. The minimum absolute atomic E-state index is 0.237. The van der Waals surface area contributed by atoms with Crippen molar-refractivity contribution in [1.82, 2.24) is 0 Å². The van der Waals surface area contributed by atoms with Crippen molar-refractivity contribution in [2.75, 3.05) is 10.6 Å². The average molecular weight is 357 g/mol. The molecule has 104 valence electrons. The molecule has 2 N–H and O–H groups in total. The number of nitrogens with one attached hydrogen (secondary N) is 2. The minimum Gasteiger partial charge on any atom is -0.332 e. The van der Waals surface area contributed by atoms with Crippen LogP contribution in [0, 0.1) is 18.6 Å². The lowest BCUT2D eigenvalue weighted by molar-refractivity contribution is 0.627.